The number of carbonyl (C=O) groups is 1. The highest BCUT2D eigenvalue weighted by Crippen LogP contribution is 2.26. The summed E-state index contributed by atoms with van der Waals surface area (Å²) in [6, 6.07) is 1.94. The fourth-order valence-electron chi connectivity index (χ4n) is 1.04. The van der Waals surface area contributed by atoms with E-state index in [9.17, 15) is 4.79 Å². The number of carbonyl (C=O) groups excluding carboxylic acids is 1. The molecule has 1 amide bonds. The number of aliphatic hydroxyl groups excluding tert-OH is 1. The highest BCUT2D eigenvalue weighted by molar-refractivity contribution is 7.98. The van der Waals surface area contributed by atoms with E-state index in [0.29, 0.717) is 6.54 Å². The Hall–Kier alpha value is -0.520. The molecule has 1 N–H and O–H groups in total. The molecule has 1 rings (SSSR count). The van der Waals surface area contributed by atoms with Crippen LogP contribution in [0.1, 0.15) is 9.67 Å². The van der Waals surface area contributed by atoms with Crippen molar-refractivity contribution in [2.75, 3.05) is 26.5 Å². The van der Waals surface area contributed by atoms with E-state index in [0.717, 1.165) is 9.77 Å². The second-order valence-electron chi connectivity index (χ2n) is 2.77. The van der Waals surface area contributed by atoms with E-state index < -0.39 is 0 Å². The quantitative estimate of drug-likeness (QED) is 0.799. The van der Waals surface area contributed by atoms with Crippen molar-refractivity contribution in [3.8, 4) is 0 Å². The molecule has 0 unspecified atom stereocenters. The normalized spacial score (nSPS) is 10.2. The van der Waals surface area contributed by atoms with Crippen molar-refractivity contribution >= 4 is 29.0 Å². The number of thiophene rings is 1. The molecule has 0 aliphatic heterocycles. The summed E-state index contributed by atoms with van der Waals surface area (Å²) < 4.78 is 0. The SMILES string of the molecule is CSc1ccsc1C(=O)N(C)CCO. The highest BCUT2D eigenvalue weighted by Gasteiger charge is 2.16. The summed E-state index contributed by atoms with van der Waals surface area (Å²) in [6.07, 6.45) is 1.95. The Morgan fingerprint density at radius 1 is 1.71 bits per heavy atom. The van der Waals surface area contributed by atoms with Gasteiger partial charge >= 0.3 is 0 Å². The molecule has 0 aliphatic rings. The van der Waals surface area contributed by atoms with E-state index in [4.69, 9.17) is 5.11 Å². The number of thioether (sulfide) groups is 1. The largest absolute Gasteiger partial charge is 0.395 e. The van der Waals surface area contributed by atoms with Crippen LogP contribution < -0.4 is 0 Å². The average Bonchev–Trinajstić information content (AvgIpc) is 2.64. The Balaban J connectivity index is 2.78. The first kappa shape index (κ1) is 11.6. The summed E-state index contributed by atoms with van der Waals surface area (Å²) in [4.78, 5) is 15.1. The van der Waals surface area contributed by atoms with Gasteiger partial charge in [0.15, 0.2) is 0 Å². The lowest BCUT2D eigenvalue weighted by molar-refractivity contribution is 0.0768. The van der Waals surface area contributed by atoms with Crippen molar-refractivity contribution in [1.82, 2.24) is 4.90 Å². The Bertz CT molecular complexity index is 312. The second kappa shape index (κ2) is 5.38. The van der Waals surface area contributed by atoms with Crippen LogP contribution in [0.5, 0.6) is 0 Å². The molecule has 0 radical (unpaired) electrons. The van der Waals surface area contributed by atoms with E-state index in [1.54, 1.807) is 18.8 Å². The molecule has 0 aromatic carbocycles. The molecule has 1 heterocycles. The number of aliphatic hydroxyl groups is 1. The van der Waals surface area contributed by atoms with Crippen LogP contribution in [0.15, 0.2) is 16.3 Å². The molecule has 0 saturated carbocycles. The third-order valence-corrected chi connectivity index (χ3v) is 3.64. The monoisotopic (exact) mass is 231 g/mol. The predicted octanol–water partition coefficient (Wildman–Crippen LogP) is 1.53. The Labute approximate surface area is 91.7 Å². The molecule has 3 nitrogen and oxygen atoms in total. The number of hydrogen-bond acceptors (Lipinski definition) is 4. The van der Waals surface area contributed by atoms with Gasteiger partial charge in [-0.1, -0.05) is 0 Å². The van der Waals surface area contributed by atoms with Crippen LogP contribution in [0.4, 0.5) is 0 Å². The molecular formula is C9H13NO2S2. The van der Waals surface area contributed by atoms with Crippen LogP contribution in [0.2, 0.25) is 0 Å². The molecule has 5 heteroatoms. The molecule has 1 aromatic rings. The van der Waals surface area contributed by atoms with Crippen LogP contribution in [-0.4, -0.2) is 42.4 Å². The van der Waals surface area contributed by atoms with E-state index in [2.05, 4.69) is 0 Å². The third kappa shape index (κ3) is 2.50. The van der Waals surface area contributed by atoms with Gasteiger partial charge in [0.1, 0.15) is 4.88 Å². The van der Waals surface area contributed by atoms with Crippen LogP contribution >= 0.6 is 23.1 Å². The average molecular weight is 231 g/mol. The standard InChI is InChI=1S/C9H13NO2S2/c1-10(4-5-11)9(12)8-7(13-2)3-6-14-8/h3,6,11H,4-5H2,1-2H3. The zero-order valence-electron chi connectivity index (χ0n) is 8.19. The molecular weight excluding hydrogens is 218 g/mol. The number of rotatable bonds is 4. The number of likely N-dealkylation sites (N-methyl/N-ethyl adjacent to an activating group) is 1. The summed E-state index contributed by atoms with van der Waals surface area (Å²) in [7, 11) is 1.70. The first-order valence-corrected chi connectivity index (χ1v) is 6.29. The van der Waals surface area contributed by atoms with Crippen molar-refractivity contribution in [3.63, 3.8) is 0 Å². The van der Waals surface area contributed by atoms with Gasteiger partial charge in [0, 0.05) is 18.5 Å². The van der Waals surface area contributed by atoms with Crippen LogP contribution in [0.25, 0.3) is 0 Å². The molecule has 0 spiro atoms. The van der Waals surface area contributed by atoms with E-state index in [1.807, 2.05) is 17.7 Å². The van der Waals surface area contributed by atoms with Gasteiger partial charge in [-0.15, -0.1) is 23.1 Å². The number of amides is 1. The van der Waals surface area contributed by atoms with Crippen molar-refractivity contribution in [2.45, 2.75) is 4.90 Å². The molecule has 1 aromatic heterocycles. The van der Waals surface area contributed by atoms with Crippen LogP contribution in [-0.2, 0) is 0 Å². The lowest BCUT2D eigenvalue weighted by atomic mass is 10.4. The van der Waals surface area contributed by atoms with Crippen molar-refractivity contribution in [1.29, 1.82) is 0 Å². The highest BCUT2D eigenvalue weighted by atomic mass is 32.2. The van der Waals surface area contributed by atoms with Gasteiger partial charge in [-0.2, -0.15) is 0 Å². The molecule has 0 fully saturated rings. The van der Waals surface area contributed by atoms with Crippen molar-refractivity contribution < 1.29 is 9.90 Å². The number of nitrogens with zero attached hydrogens (tertiary/aromatic N) is 1. The molecule has 0 bridgehead atoms. The lowest BCUT2D eigenvalue weighted by Crippen LogP contribution is -2.29. The fraction of sp³-hybridized carbons (Fsp3) is 0.444. The minimum atomic E-state index is -0.0154. The van der Waals surface area contributed by atoms with Crippen molar-refractivity contribution in [3.05, 3.63) is 16.3 Å². The smallest absolute Gasteiger partial charge is 0.264 e. The first-order chi connectivity index (χ1) is 6.70. The van der Waals surface area contributed by atoms with Gasteiger partial charge in [-0.3, -0.25) is 4.79 Å². The summed E-state index contributed by atoms with van der Waals surface area (Å²) in [5, 5.41) is 10.6. The van der Waals surface area contributed by atoms with Crippen LogP contribution in [0, 0.1) is 0 Å². The van der Waals surface area contributed by atoms with E-state index in [1.165, 1.54) is 16.2 Å². The summed E-state index contributed by atoms with van der Waals surface area (Å²) in [5.41, 5.74) is 0. The lowest BCUT2D eigenvalue weighted by Gasteiger charge is -2.14. The zero-order chi connectivity index (χ0) is 10.6. The second-order valence-corrected chi connectivity index (χ2v) is 4.53. The molecule has 14 heavy (non-hydrogen) atoms. The maximum absolute atomic E-state index is 11.8. The van der Waals surface area contributed by atoms with Crippen molar-refractivity contribution in [2.24, 2.45) is 0 Å². The Morgan fingerprint density at radius 3 is 3.00 bits per heavy atom. The molecule has 0 atom stereocenters. The van der Waals surface area contributed by atoms with Gasteiger partial charge in [0.2, 0.25) is 0 Å². The summed E-state index contributed by atoms with van der Waals surface area (Å²) >= 11 is 3.01. The summed E-state index contributed by atoms with van der Waals surface area (Å²) in [5.74, 6) is -0.0154. The maximum Gasteiger partial charge on any atom is 0.264 e. The summed E-state index contributed by atoms with van der Waals surface area (Å²) in [6.45, 7) is 0.382. The van der Waals surface area contributed by atoms with Crippen LogP contribution in [0.3, 0.4) is 0 Å². The third-order valence-electron chi connectivity index (χ3n) is 1.83. The maximum atomic E-state index is 11.8. The Morgan fingerprint density at radius 2 is 2.43 bits per heavy atom. The topological polar surface area (TPSA) is 40.5 Å². The van der Waals surface area contributed by atoms with E-state index in [-0.39, 0.29) is 12.5 Å². The molecule has 78 valence electrons. The van der Waals surface area contributed by atoms with Gasteiger partial charge in [0.05, 0.1) is 6.61 Å². The Kier molecular flexibility index (Phi) is 4.44. The van der Waals surface area contributed by atoms with Gasteiger partial charge in [-0.05, 0) is 17.7 Å². The van der Waals surface area contributed by atoms with Gasteiger partial charge < -0.3 is 10.0 Å². The minimum absolute atomic E-state index is 0.00220. The van der Waals surface area contributed by atoms with Gasteiger partial charge in [-0.25, -0.2) is 0 Å². The van der Waals surface area contributed by atoms with E-state index >= 15 is 0 Å². The fourth-order valence-corrected chi connectivity index (χ4v) is 2.78. The zero-order valence-corrected chi connectivity index (χ0v) is 9.82. The first-order valence-electron chi connectivity index (χ1n) is 4.18. The molecule has 0 saturated heterocycles. The minimum Gasteiger partial charge on any atom is -0.395 e. The predicted molar refractivity (Wildman–Crippen MR) is 60.1 cm³/mol. The molecule has 0 aliphatic carbocycles. The number of hydrogen-bond donors (Lipinski definition) is 1. The van der Waals surface area contributed by atoms with Gasteiger partial charge in [0.25, 0.3) is 5.91 Å².